The third-order valence-electron chi connectivity index (χ3n) is 6.24. The van der Waals surface area contributed by atoms with Gasteiger partial charge in [-0.15, -0.1) is 0 Å². The summed E-state index contributed by atoms with van der Waals surface area (Å²) in [6.45, 7) is 8.99. The van der Waals surface area contributed by atoms with Crippen molar-refractivity contribution >= 4 is 11.6 Å². The monoisotopic (exact) mass is 389 g/mol. The smallest absolute Gasteiger partial charge is 0.221 e. The molecule has 1 atom stereocenters. The van der Waals surface area contributed by atoms with E-state index < -0.39 is 6.10 Å². The number of ether oxygens (including phenoxy) is 1. The summed E-state index contributed by atoms with van der Waals surface area (Å²) in [6, 6.07) is 6.18. The van der Waals surface area contributed by atoms with E-state index in [4.69, 9.17) is 4.74 Å². The van der Waals surface area contributed by atoms with Gasteiger partial charge in [-0.05, 0) is 75.5 Å². The van der Waals surface area contributed by atoms with Crippen LogP contribution in [0.3, 0.4) is 0 Å². The van der Waals surface area contributed by atoms with E-state index in [9.17, 15) is 9.90 Å². The van der Waals surface area contributed by atoms with Gasteiger partial charge in [0.2, 0.25) is 5.91 Å². The number of likely N-dealkylation sites (tertiary alicyclic amines) is 2. The number of carbonyl (C=O) groups is 1. The Morgan fingerprint density at radius 2 is 1.89 bits per heavy atom. The van der Waals surface area contributed by atoms with Gasteiger partial charge in [-0.3, -0.25) is 4.79 Å². The number of hydrogen-bond donors (Lipinski definition) is 2. The van der Waals surface area contributed by atoms with Crippen LogP contribution in [0.4, 0.5) is 5.69 Å². The Bertz CT molecular complexity index is 650. The van der Waals surface area contributed by atoms with Crippen LogP contribution in [-0.2, 0) is 4.79 Å². The Morgan fingerprint density at radius 1 is 1.21 bits per heavy atom. The van der Waals surface area contributed by atoms with Gasteiger partial charge in [-0.2, -0.15) is 0 Å². The first-order valence-corrected chi connectivity index (χ1v) is 10.6. The Balaban J connectivity index is 1.53. The zero-order chi connectivity index (χ0) is 20.1. The molecule has 1 aromatic carbocycles. The molecule has 1 amide bonds. The average molecular weight is 390 g/mol. The SMILES string of the molecule is COc1ccc([C@@H](O)CN2CCC(N3CCC(C)CC3)CC2)cc1NC(C)=O. The minimum Gasteiger partial charge on any atom is -0.495 e. The highest BCUT2D eigenvalue weighted by Crippen LogP contribution is 2.29. The van der Waals surface area contributed by atoms with Crippen LogP contribution in [0.25, 0.3) is 0 Å². The number of carbonyl (C=O) groups excluding carboxylic acids is 1. The molecule has 0 spiro atoms. The minimum atomic E-state index is -0.578. The van der Waals surface area contributed by atoms with Crippen LogP contribution >= 0.6 is 0 Å². The van der Waals surface area contributed by atoms with Gasteiger partial charge in [-0.25, -0.2) is 0 Å². The zero-order valence-corrected chi connectivity index (χ0v) is 17.5. The number of rotatable bonds is 6. The van der Waals surface area contributed by atoms with Crippen molar-refractivity contribution in [3.8, 4) is 5.75 Å². The Morgan fingerprint density at radius 3 is 2.50 bits per heavy atom. The average Bonchev–Trinajstić information content (AvgIpc) is 2.69. The fourth-order valence-corrected chi connectivity index (χ4v) is 4.43. The molecule has 6 nitrogen and oxygen atoms in total. The molecule has 1 aromatic rings. The Hall–Kier alpha value is -1.63. The molecule has 0 radical (unpaired) electrons. The Labute approximate surface area is 168 Å². The maximum atomic E-state index is 11.4. The standard InChI is InChI=1S/C22H35N3O3/c1-16-6-12-25(13-7-16)19-8-10-24(11-9-19)15-21(27)18-4-5-22(28-3)20(14-18)23-17(2)26/h4-5,14,16,19,21,27H,6-13,15H2,1-3H3,(H,23,26)/t21-/m0/s1. The van der Waals surface area contributed by atoms with Crippen molar-refractivity contribution in [2.45, 2.75) is 51.7 Å². The molecule has 0 aromatic heterocycles. The van der Waals surface area contributed by atoms with Crippen LogP contribution in [0.1, 0.15) is 51.2 Å². The summed E-state index contributed by atoms with van der Waals surface area (Å²) in [6.07, 6.45) is 4.44. The lowest BCUT2D eigenvalue weighted by atomic mass is 9.94. The lowest BCUT2D eigenvalue weighted by Gasteiger charge is -2.41. The number of nitrogens with zero attached hydrogens (tertiary/aromatic N) is 2. The first-order valence-electron chi connectivity index (χ1n) is 10.6. The number of β-amino-alcohol motifs (C(OH)–C–C–N with tert-alkyl or cyclic N) is 1. The van der Waals surface area contributed by atoms with Gasteiger partial charge in [0.15, 0.2) is 0 Å². The van der Waals surface area contributed by atoms with E-state index >= 15 is 0 Å². The van der Waals surface area contributed by atoms with Gasteiger partial charge >= 0.3 is 0 Å². The number of anilines is 1. The van der Waals surface area contributed by atoms with Crippen molar-refractivity contribution in [1.29, 1.82) is 0 Å². The van der Waals surface area contributed by atoms with Crippen molar-refractivity contribution in [3.05, 3.63) is 23.8 Å². The van der Waals surface area contributed by atoms with Crippen LogP contribution in [0, 0.1) is 5.92 Å². The van der Waals surface area contributed by atoms with E-state index in [0.29, 0.717) is 24.0 Å². The number of nitrogens with one attached hydrogen (secondary N) is 1. The number of aliphatic hydroxyl groups is 1. The maximum absolute atomic E-state index is 11.4. The molecule has 2 aliphatic heterocycles. The van der Waals surface area contributed by atoms with Gasteiger partial charge in [0.25, 0.3) is 0 Å². The van der Waals surface area contributed by atoms with E-state index in [-0.39, 0.29) is 5.91 Å². The lowest BCUT2D eigenvalue weighted by molar-refractivity contribution is -0.114. The number of piperidine rings is 2. The van der Waals surface area contributed by atoms with E-state index in [2.05, 4.69) is 22.0 Å². The van der Waals surface area contributed by atoms with Gasteiger partial charge in [0.1, 0.15) is 5.75 Å². The number of benzene rings is 1. The summed E-state index contributed by atoms with van der Waals surface area (Å²) >= 11 is 0. The summed E-state index contributed by atoms with van der Waals surface area (Å²) in [7, 11) is 1.57. The van der Waals surface area contributed by atoms with E-state index in [1.807, 2.05) is 12.1 Å². The van der Waals surface area contributed by atoms with Crippen molar-refractivity contribution in [1.82, 2.24) is 9.80 Å². The second kappa shape index (κ2) is 9.72. The molecule has 3 rings (SSSR count). The van der Waals surface area contributed by atoms with Crippen LogP contribution in [0.5, 0.6) is 5.75 Å². The van der Waals surface area contributed by atoms with Crippen LogP contribution in [-0.4, -0.2) is 66.7 Å². The number of amides is 1. The molecule has 2 fully saturated rings. The quantitative estimate of drug-likeness (QED) is 0.783. The van der Waals surface area contributed by atoms with Crippen LogP contribution < -0.4 is 10.1 Å². The molecular formula is C22H35N3O3. The second-order valence-corrected chi connectivity index (χ2v) is 8.41. The topological polar surface area (TPSA) is 65.0 Å². The molecule has 6 heteroatoms. The zero-order valence-electron chi connectivity index (χ0n) is 17.5. The summed E-state index contributed by atoms with van der Waals surface area (Å²) in [5, 5.41) is 13.5. The molecule has 2 N–H and O–H groups in total. The maximum Gasteiger partial charge on any atom is 0.221 e. The number of hydrogen-bond acceptors (Lipinski definition) is 5. The highest BCUT2D eigenvalue weighted by atomic mass is 16.5. The molecule has 2 aliphatic rings. The highest BCUT2D eigenvalue weighted by molar-refractivity contribution is 5.90. The Kier molecular flexibility index (Phi) is 7.32. The molecule has 156 valence electrons. The van der Waals surface area contributed by atoms with Crippen LogP contribution in [0.15, 0.2) is 18.2 Å². The second-order valence-electron chi connectivity index (χ2n) is 8.41. The normalized spacial score (nSPS) is 21.4. The third-order valence-corrected chi connectivity index (χ3v) is 6.24. The van der Waals surface area contributed by atoms with E-state index in [1.54, 1.807) is 13.2 Å². The molecule has 0 bridgehead atoms. The van der Waals surface area contributed by atoms with E-state index in [1.165, 1.54) is 45.7 Å². The molecule has 2 heterocycles. The summed E-state index contributed by atoms with van der Waals surface area (Å²) in [5.74, 6) is 1.32. The fraction of sp³-hybridized carbons (Fsp3) is 0.682. The lowest BCUT2D eigenvalue weighted by Crippen LogP contribution is -2.48. The van der Waals surface area contributed by atoms with Gasteiger partial charge in [-0.1, -0.05) is 13.0 Å². The summed E-state index contributed by atoms with van der Waals surface area (Å²) < 4.78 is 5.30. The molecular weight excluding hydrogens is 354 g/mol. The molecule has 0 unspecified atom stereocenters. The predicted molar refractivity (Wildman–Crippen MR) is 112 cm³/mol. The van der Waals surface area contributed by atoms with Gasteiger partial charge in [0.05, 0.1) is 18.9 Å². The first kappa shape index (κ1) is 21.1. The van der Waals surface area contributed by atoms with Crippen molar-refractivity contribution < 1.29 is 14.6 Å². The largest absolute Gasteiger partial charge is 0.495 e. The summed E-state index contributed by atoms with van der Waals surface area (Å²) in [4.78, 5) is 16.5. The minimum absolute atomic E-state index is 0.154. The summed E-state index contributed by atoms with van der Waals surface area (Å²) in [5.41, 5.74) is 1.40. The molecule has 28 heavy (non-hydrogen) atoms. The number of aliphatic hydroxyl groups excluding tert-OH is 1. The van der Waals surface area contributed by atoms with Crippen molar-refractivity contribution in [2.24, 2.45) is 5.92 Å². The number of methoxy groups -OCH3 is 1. The van der Waals surface area contributed by atoms with E-state index in [0.717, 1.165) is 24.6 Å². The van der Waals surface area contributed by atoms with Gasteiger partial charge < -0.3 is 25.0 Å². The molecule has 2 saturated heterocycles. The van der Waals surface area contributed by atoms with Crippen molar-refractivity contribution in [3.63, 3.8) is 0 Å². The van der Waals surface area contributed by atoms with Gasteiger partial charge in [0, 0.05) is 19.5 Å². The van der Waals surface area contributed by atoms with Crippen molar-refractivity contribution in [2.75, 3.05) is 45.2 Å². The fourth-order valence-electron chi connectivity index (χ4n) is 4.43. The third kappa shape index (κ3) is 5.46. The predicted octanol–water partition coefficient (Wildman–Crippen LogP) is 2.88. The van der Waals surface area contributed by atoms with Crippen LogP contribution in [0.2, 0.25) is 0 Å². The molecule has 0 aliphatic carbocycles. The highest BCUT2D eigenvalue weighted by Gasteiger charge is 2.28. The first-order chi connectivity index (χ1) is 13.5. The molecule has 0 saturated carbocycles.